The lowest BCUT2D eigenvalue weighted by Gasteiger charge is -2.40. The Balaban J connectivity index is 3.62. The molecule has 0 heterocycles. The van der Waals surface area contributed by atoms with E-state index >= 15 is 0 Å². The molecule has 0 radical (unpaired) electrons. The molecule has 0 amide bonds. The lowest BCUT2D eigenvalue weighted by Crippen LogP contribution is -2.34. The van der Waals surface area contributed by atoms with Crippen molar-refractivity contribution in [2.45, 2.75) is 30.4 Å². The van der Waals surface area contributed by atoms with Crippen molar-refractivity contribution >= 4 is 31.9 Å². The Morgan fingerprint density at radius 3 is 1.96 bits per heavy atom. The van der Waals surface area contributed by atoms with Gasteiger partial charge in [0.25, 0.3) is 0 Å². The van der Waals surface area contributed by atoms with Gasteiger partial charge in [-0.2, -0.15) is 0 Å². The largest absolute Gasteiger partial charge is 0.478 e. The molecule has 0 fully saturated rings. The lowest BCUT2D eigenvalue weighted by molar-refractivity contribution is 0.0697. The molecule has 23 heavy (non-hydrogen) atoms. The highest BCUT2D eigenvalue weighted by Crippen LogP contribution is 3.02. The minimum atomic E-state index is -10.1. The summed E-state index contributed by atoms with van der Waals surface area (Å²) in [6, 6.07) is -0.0374. The van der Waals surface area contributed by atoms with Crippen LogP contribution in [0, 0.1) is 0 Å². The average molecular weight is 383 g/mol. The van der Waals surface area contributed by atoms with Crippen molar-refractivity contribution < 1.29 is 37.7 Å². The maximum atomic E-state index is 12.8. The van der Waals surface area contributed by atoms with E-state index in [0.717, 1.165) is 0 Å². The van der Waals surface area contributed by atoms with Gasteiger partial charge in [-0.3, -0.25) is 4.72 Å². The Hall–Kier alpha value is -1.56. The van der Waals surface area contributed by atoms with Crippen molar-refractivity contribution in [1.29, 1.82) is 0 Å². The first kappa shape index (κ1) is 19.5. The number of carboxylic acids is 1. The van der Waals surface area contributed by atoms with Crippen molar-refractivity contribution in [1.82, 2.24) is 0 Å². The maximum absolute atomic E-state index is 12.8. The van der Waals surface area contributed by atoms with Crippen molar-refractivity contribution in [3.05, 3.63) is 23.8 Å². The number of benzene rings is 1. The molecule has 12 heteroatoms. The van der Waals surface area contributed by atoms with Gasteiger partial charge >= 0.3 is 16.2 Å². The number of nitrogens with one attached hydrogen (secondary N) is 1. The third kappa shape index (κ3) is 4.47. The highest BCUT2D eigenvalue weighted by Gasteiger charge is 2.65. The monoisotopic (exact) mass is 383 g/mol. The fourth-order valence-electron chi connectivity index (χ4n) is 1.33. The van der Waals surface area contributed by atoms with Gasteiger partial charge in [0.1, 0.15) is 4.90 Å². The number of hydrogen-bond acceptors (Lipinski definition) is 3. The van der Waals surface area contributed by atoms with Gasteiger partial charge in [0.15, 0.2) is 0 Å². The van der Waals surface area contributed by atoms with Crippen LogP contribution in [0.25, 0.3) is 0 Å². The van der Waals surface area contributed by atoms with Gasteiger partial charge in [-0.1, -0.05) is 19.4 Å². The normalized spacial score (nSPS) is 16.3. The number of sulfonamides is 1. The summed E-state index contributed by atoms with van der Waals surface area (Å²) in [5.41, 5.74) is -1.97. The maximum Gasteiger partial charge on any atom is 0.337 e. The zero-order chi connectivity index (χ0) is 18.5. The summed E-state index contributed by atoms with van der Waals surface area (Å²) in [5, 5.41) is 8.89. The summed E-state index contributed by atoms with van der Waals surface area (Å²) < 4.78 is 88.0. The number of aromatic carboxylic acids is 1. The zero-order valence-corrected chi connectivity index (χ0v) is 13.7. The fourth-order valence-corrected chi connectivity index (χ4v) is 2.76. The molecule has 5 nitrogen and oxygen atoms in total. The molecule has 1 rings (SSSR count). The van der Waals surface area contributed by atoms with Gasteiger partial charge in [0.2, 0.25) is 10.0 Å². The summed E-state index contributed by atoms with van der Waals surface area (Å²) >= 11 is 0. The molecule has 0 atom stereocenters. The first-order valence-electron chi connectivity index (χ1n) is 5.88. The van der Waals surface area contributed by atoms with E-state index in [0.29, 0.717) is 0 Å². The van der Waals surface area contributed by atoms with Crippen molar-refractivity contribution in [3.8, 4) is 0 Å². The highest BCUT2D eigenvalue weighted by atomic mass is 32.5. The van der Waals surface area contributed by atoms with Crippen LogP contribution in [-0.2, 0) is 10.0 Å². The molecule has 0 aliphatic rings. The summed E-state index contributed by atoms with van der Waals surface area (Å²) in [6.07, 6.45) is 0. The number of carboxylic acid groups (broad SMARTS) is 1. The zero-order valence-electron chi connectivity index (χ0n) is 12.1. The Labute approximate surface area is 129 Å². The molecule has 0 unspecified atom stereocenters. The van der Waals surface area contributed by atoms with Crippen LogP contribution in [0.1, 0.15) is 31.1 Å². The van der Waals surface area contributed by atoms with E-state index in [1.165, 1.54) is 20.8 Å². The number of rotatable bonds is 4. The molecule has 0 aliphatic heterocycles. The summed E-state index contributed by atoms with van der Waals surface area (Å²) in [7, 11) is -14.4. The number of carbonyl (C=O) groups is 1. The van der Waals surface area contributed by atoms with Crippen molar-refractivity contribution in [2.24, 2.45) is 0 Å². The molecule has 0 spiro atoms. The standard InChI is InChI=1S/C11H14F5NO4S2/c1-11(2,3)22(20,21)17-9-6-7(23(12,13,14,15)16)4-5-8(9)10(18)19/h4-6,17H,1-3H3,(H,18,19). The van der Waals surface area contributed by atoms with Crippen LogP contribution < -0.4 is 4.72 Å². The average Bonchev–Trinajstić information content (AvgIpc) is 2.23. The van der Waals surface area contributed by atoms with E-state index in [1.54, 1.807) is 4.72 Å². The molecule has 1 aromatic rings. The number of halogens is 5. The fraction of sp³-hybridized carbons (Fsp3) is 0.364. The topological polar surface area (TPSA) is 83.5 Å². The number of anilines is 1. The van der Waals surface area contributed by atoms with E-state index in [9.17, 15) is 32.6 Å². The van der Waals surface area contributed by atoms with Gasteiger partial charge in [-0.25, -0.2) is 13.2 Å². The van der Waals surface area contributed by atoms with E-state index in [1.807, 2.05) is 0 Å². The smallest absolute Gasteiger partial charge is 0.337 e. The minimum absolute atomic E-state index is 0.0973. The molecule has 0 aliphatic carbocycles. The van der Waals surface area contributed by atoms with Crippen LogP contribution in [0.2, 0.25) is 0 Å². The first-order valence-corrected chi connectivity index (χ1v) is 9.32. The van der Waals surface area contributed by atoms with Gasteiger partial charge < -0.3 is 5.11 Å². The minimum Gasteiger partial charge on any atom is -0.478 e. The predicted molar refractivity (Wildman–Crippen MR) is 77.1 cm³/mol. The van der Waals surface area contributed by atoms with Crippen LogP contribution in [0.3, 0.4) is 0 Å². The van der Waals surface area contributed by atoms with E-state index in [2.05, 4.69) is 0 Å². The van der Waals surface area contributed by atoms with Gasteiger partial charge in [-0.05, 0) is 39.0 Å². The van der Waals surface area contributed by atoms with Crippen LogP contribution in [0.5, 0.6) is 0 Å². The first-order chi connectivity index (χ1) is 9.74. The second-order valence-corrected chi connectivity index (χ2v) is 10.5. The van der Waals surface area contributed by atoms with E-state index in [4.69, 9.17) is 5.11 Å². The summed E-state index contributed by atoms with van der Waals surface area (Å²) in [6.45, 7) is 3.60. The Morgan fingerprint density at radius 2 is 1.61 bits per heavy atom. The number of hydrogen-bond donors (Lipinski definition) is 2. The molecule has 2 N–H and O–H groups in total. The SMILES string of the molecule is CC(C)(C)S(=O)(=O)Nc1cc(S(F)(F)(F)(F)F)ccc1C(=O)O. The quantitative estimate of drug-likeness (QED) is 0.746. The third-order valence-electron chi connectivity index (χ3n) is 2.72. The molecule has 0 saturated carbocycles. The Bertz CT molecular complexity index is 766. The Kier molecular flexibility index (Phi) is 3.81. The molecule has 0 saturated heterocycles. The molecule has 134 valence electrons. The molecular weight excluding hydrogens is 369 g/mol. The molecule has 1 aromatic carbocycles. The van der Waals surface area contributed by atoms with E-state index in [-0.39, 0.29) is 18.2 Å². The van der Waals surface area contributed by atoms with E-state index < -0.39 is 47.1 Å². The third-order valence-corrected chi connectivity index (χ3v) is 5.96. The Morgan fingerprint density at radius 1 is 1.13 bits per heavy atom. The molecule has 0 bridgehead atoms. The van der Waals surface area contributed by atoms with Crippen LogP contribution in [0.4, 0.5) is 25.1 Å². The van der Waals surface area contributed by atoms with Gasteiger partial charge in [0, 0.05) is 0 Å². The lowest BCUT2D eigenvalue weighted by atomic mass is 10.2. The predicted octanol–water partition coefficient (Wildman–Crippen LogP) is 4.58. The van der Waals surface area contributed by atoms with Crippen molar-refractivity contribution in [2.75, 3.05) is 4.72 Å². The second kappa shape index (κ2) is 4.50. The highest BCUT2D eigenvalue weighted by molar-refractivity contribution is 8.45. The summed E-state index contributed by atoms with van der Waals surface area (Å²) in [5.74, 6) is -1.77. The second-order valence-electron chi connectivity index (χ2n) is 5.70. The van der Waals surface area contributed by atoms with Gasteiger partial charge in [0.05, 0.1) is 16.0 Å². The van der Waals surface area contributed by atoms with Crippen LogP contribution >= 0.6 is 10.2 Å². The van der Waals surface area contributed by atoms with Gasteiger partial charge in [-0.15, -0.1) is 0 Å². The summed E-state index contributed by atoms with van der Waals surface area (Å²) in [4.78, 5) is 8.60. The molecular formula is C11H14F5NO4S2. The van der Waals surface area contributed by atoms with Crippen LogP contribution in [0.15, 0.2) is 23.1 Å². The van der Waals surface area contributed by atoms with Crippen molar-refractivity contribution in [3.63, 3.8) is 0 Å². The molecule has 0 aromatic heterocycles. The van der Waals surface area contributed by atoms with Crippen LogP contribution in [-0.4, -0.2) is 24.2 Å².